The second-order valence-corrected chi connectivity index (χ2v) is 2.22. The van der Waals surface area contributed by atoms with Gasteiger partial charge in [0.1, 0.15) is 0 Å². The maximum absolute atomic E-state index is 4.84. The van der Waals surface area contributed by atoms with Gasteiger partial charge in [0.25, 0.3) is 0 Å². The average molecular weight is 160 g/mol. The summed E-state index contributed by atoms with van der Waals surface area (Å²) in [5.74, 6) is 0.641. The third-order valence-electron chi connectivity index (χ3n) is 1.43. The fraction of sp³-hybridized carbons (Fsp3) is 0. The number of allylic oxidation sites excluding steroid dienone is 2. The van der Waals surface area contributed by atoms with Crippen molar-refractivity contribution >= 4 is 5.76 Å². The molecule has 0 aromatic carbocycles. The van der Waals surface area contributed by atoms with E-state index in [4.69, 9.17) is 4.89 Å². The maximum Gasteiger partial charge on any atom is 0.225 e. The molecular weight excluding hydrogens is 154 g/mol. The van der Waals surface area contributed by atoms with Crippen molar-refractivity contribution in [3.05, 3.63) is 48.5 Å². The highest BCUT2D eigenvalue weighted by Gasteiger charge is 2.05. The Hall–Kier alpha value is -1.77. The number of aromatic nitrogens is 1. The third kappa shape index (κ3) is 1.29. The van der Waals surface area contributed by atoms with Gasteiger partial charge in [-0.15, -0.1) is 0 Å². The summed E-state index contributed by atoms with van der Waals surface area (Å²) in [5.41, 5.74) is 0.884. The molecule has 0 aliphatic carbocycles. The highest BCUT2D eigenvalue weighted by molar-refractivity contribution is 5.60. The van der Waals surface area contributed by atoms with E-state index in [1.807, 2.05) is 12.1 Å². The van der Waals surface area contributed by atoms with Gasteiger partial charge < -0.3 is 0 Å². The van der Waals surface area contributed by atoms with Crippen molar-refractivity contribution < 1.29 is 9.78 Å². The van der Waals surface area contributed by atoms with E-state index in [0.29, 0.717) is 5.76 Å². The summed E-state index contributed by atoms with van der Waals surface area (Å²) in [7, 11) is 0. The highest BCUT2D eigenvalue weighted by atomic mass is 17.2. The zero-order valence-electron chi connectivity index (χ0n) is 6.23. The van der Waals surface area contributed by atoms with Gasteiger partial charge in [0, 0.05) is 18.0 Å². The molecule has 0 fully saturated rings. The Bertz CT molecular complexity index is 317. The van der Waals surface area contributed by atoms with E-state index in [0.717, 1.165) is 5.56 Å². The average Bonchev–Trinajstić information content (AvgIpc) is 2.21. The van der Waals surface area contributed by atoms with Gasteiger partial charge in [0.15, 0.2) is 5.76 Å². The lowest BCUT2D eigenvalue weighted by molar-refractivity contribution is -0.193. The highest BCUT2D eigenvalue weighted by Crippen LogP contribution is 2.17. The molecule has 1 aliphatic heterocycles. The van der Waals surface area contributed by atoms with Gasteiger partial charge >= 0.3 is 0 Å². The van der Waals surface area contributed by atoms with Crippen molar-refractivity contribution in [3.8, 4) is 0 Å². The number of pyridine rings is 1. The molecule has 0 N–H and O–H groups in total. The Balaban J connectivity index is 2.31. The van der Waals surface area contributed by atoms with Gasteiger partial charge in [-0.1, -0.05) is 0 Å². The first-order valence-corrected chi connectivity index (χ1v) is 3.50. The minimum absolute atomic E-state index is 0.641. The van der Waals surface area contributed by atoms with Crippen LogP contribution >= 0.6 is 0 Å². The van der Waals surface area contributed by atoms with E-state index in [1.54, 1.807) is 24.5 Å². The normalized spacial score (nSPS) is 14.5. The summed E-state index contributed by atoms with van der Waals surface area (Å²) >= 11 is 0. The predicted molar refractivity (Wildman–Crippen MR) is 42.2 cm³/mol. The second-order valence-electron chi connectivity index (χ2n) is 2.22. The van der Waals surface area contributed by atoms with Gasteiger partial charge in [-0.05, 0) is 24.3 Å². The molecule has 1 aromatic rings. The van der Waals surface area contributed by atoms with Crippen LogP contribution in [0, 0.1) is 6.26 Å². The van der Waals surface area contributed by atoms with Crippen LogP contribution in [0.2, 0.25) is 0 Å². The Labute approximate surface area is 69.9 Å². The van der Waals surface area contributed by atoms with E-state index >= 15 is 0 Å². The predicted octanol–water partition coefficient (Wildman–Crippen LogP) is 1.70. The first kappa shape index (κ1) is 6.91. The Morgan fingerprint density at radius 2 is 2.42 bits per heavy atom. The molecule has 0 spiro atoms. The van der Waals surface area contributed by atoms with Gasteiger partial charge in [0.2, 0.25) is 6.26 Å². The Morgan fingerprint density at radius 1 is 1.42 bits per heavy atom. The Kier molecular flexibility index (Phi) is 1.78. The van der Waals surface area contributed by atoms with E-state index in [9.17, 15) is 0 Å². The summed E-state index contributed by atoms with van der Waals surface area (Å²) in [5, 5.41) is 0. The van der Waals surface area contributed by atoms with Gasteiger partial charge in [-0.2, -0.15) is 0 Å². The van der Waals surface area contributed by atoms with Crippen molar-refractivity contribution in [2.24, 2.45) is 0 Å². The van der Waals surface area contributed by atoms with Crippen LogP contribution in [-0.2, 0) is 9.78 Å². The molecule has 1 aliphatic rings. The standard InChI is InChI=1S/C9H6NO2/c1-3-8(7-10-5-1)9-4-2-6-11-12-9/h1-5,7H. The molecule has 1 radical (unpaired) electrons. The van der Waals surface area contributed by atoms with E-state index in [2.05, 4.69) is 16.1 Å². The molecule has 3 nitrogen and oxygen atoms in total. The van der Waals surface area contributed by atoms with E-state index < -0.39 is 0 Å². The molecule has 3 heteroatoms. The van der Waals surface area contributed by atoms with Crippen LogP contribution in [0.3, 0.4) is 0 Å². The van der Waals surface area contributed by atoms with Crippen molar-refractivity contribution in [1.29, 1.82) is 0 Å². The monoisotopic (exact) mass is 160 g/mol. The smallest absolute Gasteiger partial charge is 0.225 e. The van der Waals surface area contributed by atoms with Crippen molar-refractivity contribution in [2.75, 3.05) is 0 Å². The molecule has 0 saturated heterocycles. The topological polar surface area (TPSA) is 31.4 Å². The summed E-state index contributed by atoms with van der Waals surface area (Å²) in [6.07, 6.45) is 9.26. The van der Waals surface area contributed by atoms with Crippen molar-refractivity contribution in [2.45, 2.75) is 0 Å². The van der Waals surface area contributed by atoms with Crippen LogP contribution in [0.5, 0.6) is 0 Å². The molecule has 12 heavy (non-hydrogen) atoms. The Morgan fingerprint density at radius 3 is 3.08 bits per heavy atom. The first-order valence-electron chi connectivity index (χ1n) is 3.50. The molecule has 2 heterocycles. The lowest BCUT2D eigenvalue weighted by atomic mass is 10.2. The molecule has 2 rings (SSSR count). The summed E-state index contributed by atoms with van der Waals surface area (Å²) in [6.45, 7) is 0. The number of hydrogen-bond donors (Lipinski definition) is 0. The van der Waals surface area contributed by atoms with E-state index in [1.165, 1.54) is 0 Å². The summed E-state index contributed by atoms with van der Waals surface area (Å²) in [4.78, 5) is 13.3. The zero-order valence-corrected chi connectivity index (χ0v) is 6.23. The van der Waals surface area contributed by atoms with Crippen LogP contribution < -0.4 is 0 Å². The molecule has 0 amide bonds. The minimum Gasteiger partial charge on any atom is -0.289 e. The third-order valence-corrected chi connectivity index (χ3v) is 1.43. The molecular formula is C9H6NO2. The SMILES string of the molecule is [C]1=CC=C(c2cccnc2)OO1. The summed E-state index contributed by atoms with van der Waals surface area (Å²) < 4.78 is 0. The molecule has 0 saturated carbocycles. The van der Waals surface area contributed by atoms with Crippen molar-refractivity contribution in [1.82, 2.24) is 4.98 Å². The van der Waals surface area contributed by atoms with Gasteiger partial charge in [-0.25, -0.2) is 0 Å². The molecule has 1 aromatic heterocycles. The number of rotatable bonds is 1. The van der Waals surface area contributed by atoms with Crippen LogP contribution in [0.4, 0.5) is 0 Å². The summed E-state index contributed by atoms with van der Waals surface area (Å²) in [6, 6.07) is 3.73. The lowest BCUT2D eigenvalue weighted by Crippen LogP contribution is -1.94. The van der Waals surface area contributed by atoms with E-state index in [-0.39, 0.29) is 0 Å². The number of nitrogens with zero attached hydrogens (tertiary/aromatic N) is 1. The molecule has 0 unspecified atom stereocenters. The van der Waals surface area contributed by atoms with Gasteiger partial charge in [0.05, 0.1) is 0 Å². The zero-order chi connectivity index (χ0) is 8.23. The van der Waals surface area contributed by atoms with Crippen molar-refractivity contribution in [3.63, 3.8) is 0 Å². The molecule has 0 atom stereocenters. The molecule has 0 bridgehead atoms. The fourth-order valence-corrected chi connectivity index (χ4v) is 0.887. The van der Waals surface area contributed by atoms with Gasteiger partial charge in [-0.3, -0.25) is 14.8 Å². The fourth-order valence-electron chi connectivity index (χ4n) is 0.887. The van der Waals surface area contributed by atoms with Crippen LogP contribution in [0.1, 0.15) is 5.56 Å². The maximum atomic E-state index is 4.84. The second kappa shape index (κ2) is 3.09. The quantitative estimate of drug-likeness (QED) is 0.586. The lowest BCUT2D eigenvalue weighted by Gasteiger charge is -2.07. The van der Waals surface area contributed by atoms with Crippen LogP contribution in [0.15, 0.2) is 36.7 Å². The first-order chi connectivity index (χ1) is 5.97. The molecule has 59 valence electrons. The largest absolute Gasteiger partial charge is 0.289 e. The number of hydrogen-bond acceptors (Lipinski definition) is 3. The minimum atomic E-state index is 0.641. The van der Waals surface area contributed by atoms with Crippen LogP contribution in [0.25, 0.3) is 5.76 Å². The van der Waals surface area contributed by atoms with Crippen LogP contribution in [-0.4, -0.2) is 4.98 Å².